The van der Waals surface area contributed by atoms with E-state index >= 15 is 0 Å². The smallest absolute Gasteiger partial charge is 0.224 e. The van der Waals surface area contributed by atoms with Gasteiger partial charge in [0.05, 0.1) is 11.0 Å². The van der Waals surface area contributed by atoms with Crippen LogP contribution in [0.2, 0.25) is 0 Å². The van der Waals surface area contributed by atoms with Crippen LogP contribution in [-0.2, 0) is 9.59 Å². The predicted octanol–water partition coefficient (Wildman–Crippen LogP) is 5.55. The number of piperidine rings is 1. The maximum Gasteiger partial charge on any atom is 0.224 e. The van der Waals surface area contributed by atoms with E-state index in [1.807, 2.05) is 52.0 Å². The first-order chi connectivity index (χ1) is 16.6. The van der Waals surface area contributed by atoms with Crippen LogP contribution in [0.4, 0.5) is 23.0 Å². The minimum atomic E-state index is -0.225. The summed E-state index contributed by atoms with van der Waals surface area (Å²) in [6.07, 6.45) is 3.96. The van der Waals surface area contributed by atoms with Crippen LogP contribution in [0.15, 0.2) is 42.5 Å². The Labute approximate surface area is 202 Å². The fourth-order valence-electron chi connectivity index (χ4n) is 3.69. The molecule has 2 amide bonds. The average Bonchev–Trinajstić information content (AvgIpc) is 3.25. The Balaban J connectivity index is 0.000000970. The molecule has 2 aromatic carbocycles. The molecule has 4 rings (SSSR count). The van der Waals surface area contributed by atoms with Crippen LogP contribution in [0.25, 0.3) is 11.0 Å². The summed E-state index contributed by atoms with van der Waals surface area (Å²) < 4.78 is 0. The topological polar surface area (TPSA) is 116 Å². The highest BCUT2D eigenvalue weighted by atomic mass is 16.2. The number of hydrogen-bond donors (Lipinski definition) is 4. The van der Waals surface area contributed by atoms with E-state index in [1.165, 1.54) is 24.9 Å². The van der Waals surface area contributed by atoms with Crippen LogP contribution in [0, 0.1) is 0 Å². The molecule has 0 aliphatic carbocycles. The Hall–Kier alpha value is -3.55. The fraction of sp³-hybridized carbons (Fsp3) is 0.423. The van der Waals surface area contributed by atoms with Gasteiger partial charge in [-0.15, -0.1) is 0 Å². The van der Waals surface area contributed by atoms with Gasteiger partial charge in [0.1, 0.15) is 0 Å². The van der Waals surface area contributed by atoms with Crippen molar-refractivity contribution in [1.82, 2.24) is 9.97 Å². The molecule has 1 saturated heterocycles. The summed E-state index contributed by atoms with van der Waals surface area (Å²) >= 11 is 0. The molecule has 0 saturated carbocycles. The Kier molecular flexibility index (Phi) is 10.9. The molecule has 1 aliphatic rings. The number of aromatic amines is 1. The van der Waals surface area contributed by atoms with Gasteiger partial charge in [-0.05, 0) is 61.7 Å². The summed E-state index contributed by atoms with van der Waals surface area (Å²) in [6, 6.07) is 13.2. The summed E-state index contributed by atoms with van der Waals surface area (Å²) in [5, 5.41) is 5.65. The van der Waals surface area contributed by atoms with Gasteiger partial charge >= 0.3 is 0 Å². The monoisotopic (exact) mass is 466 g/mol. The zero-order valence-corrected chi connectivity index (χ0v) is 20.8. The lowest BCUT2D eigenvalue weighted by atomic mass is 10.1. The van der Waals surface area contributed by atoms with Gasteiger partial charge in [-0.1, -0.05) is 27.7 Å². The standard InChI is InChI=1S/C22H26N6O2.2C2H6/c23-22-26-18-9-6-16(14-19(18)27-22)25-21(30)11-10-20(29)24-15-4-7-17(8-5-15)28-12-2-1-3-13-28;2*1-2/h4-9,14H,1-3,10-13H2,(H,24,29)(H,25,30)(H3,23,26,27);2*1-2H3. The number of nitrogens with one attached hydrogen (secondary N) is 3. The molecule has 1 aliphatic heterocycles. The van der Waals surface area contributed by atoms with Crippen molar-refractivity contribution in [2.45, 2.75) is 59.8 Å². The van der Waals surface area contributed by atoms with E-state index in [9.17, 15) is 9.59 Å². The second kappa shape index (κ2) is 13.9. The van der Waals surface area contributed by atoms with Crippen molar-refractivity contribution in [3.05, 3.63) is 42.5 Å². The van der Waals surface area contributed by atoms with E-state index in [0.717, 1.165) is 29.8 Å². The van der Waals surface area contributed by atoms with Crippen LogP contribution in [0.3, 0.4) is 0 Å². The van der Waals surface area contributed by atoms with E-state index in [2.05, 4.69) is 25.5 Å². The number of fused-ring (bicyclic) bond motifs is 1. The van der Waals surface area contributed by atoms with Crippen LogP contribution >= 0.6 is 0 Å². The summed E-state index contributed by atoms with van der Waals surface area (Å²) in [7, 11) is 0. The molecular weight excluding hydrogens is 428 g/mol. The van der Waals surface area contributed by atoms with E-state index in [-0.39, 0.29) is 24.7 Å². The Morgan fingerprint density at radius 3 is 2.06 bits per heavy atom. The lowest BCUT2D eigenvalue weighted by Crippen LogP contribution is -2.29. The quantitative estimate of drug-likeness (QED) is 0.380. The number of nitrogens with zero attached hydrogens (tertiary/aromatic N) is 2. The van der Waals surface area contributed by atoms with Crippen molar-refractivity contribution in [2.75, 3.05) is 34.4 Å². The normalized spacial score (nSPS) is 12.6. The highest BCUT2D eigenvalue weighted by Gasteiger charge is 2.12. The van der Waals surface area contributed by atoms with Crippen molar-refractivity contribution in [1.29, 1.82) is 0 Å². The largest absolute Gasteiger partial charge is 0.372 e. The third-order valence-electron chi connectivity index (χ3n) is 5.24. The number of imidazole rings is 1. The molecule has 0 bridgehead atoms. The number of H-pyrrole nitrogens is 1. The second-order valence-electron chi connectivity index (χ2n) is 7.54. The first kappa shape index (κ1) is 26.7. The summed E-state index contributed by atoms with van der Waals surface area (Å²) in [6.45, 7) is 10.2. The van der Waals surface area contributed by atoms with Crippen molar-refractivity contribution in [3.63, 3.8) is 0 Å². The third-order valence-corrected chi connectivity index (χ3v) is 5.24. The molecule has 0 radical (unpaired) electrons. The number of rotatable bonds is 6. The van der Waals surface area contributed by atoms with Crippen LogP contribution in [-0.4, -0.2) is 34.9 Å². The molecule has 0 spiro atoms. The molecule has 8 nitrogen and oxygen atoms in total. The number of anilines is 4. The molecule has 1 aromatic heterocycles. The molecule has 1 fully saturated rings. The van der Waals surface area contributed by atoms with Gasteiger partial charge in [-0.25, -0.2) is 4.98 Å². The SMILES string of the molecule is CC.CC.Nc1nc2ccc(NC(=O)CCC(=O)Nc3ccc(N4CCCCC4)cc3)cc2[nH]1. The fourth-order valence-corrected chi connectivity index (χ4v) is 3.69. The summed E-state index contributed by atoms with van der Waals surface area (Å²) in [5.74, 6) is -0.0841. The number of aromatic nitrogens is 2. The average molecular weight is 467 g/mol. The molecule has 34 heavy (non-hydrogen) atoms. The van der Waals surface area contributed by atoms with Gasteiger partial charge < -0.3 is 26.3 Å². The van der Waals surface area contributed by atoms with Crippen LogP contribution in [0.1, 0.15) is 59.8 Å². The minimum Gasteiger partial charge on any atom is -0.372 e. The second-order valence-corrected chi connectivity index (χ2v) is 7.54. The van der Waals surface area contributed by atoms with E-state index in [4.69, 9.17) is 5.73 Å². The first-order valence-corrected chi connectivity index (χ1v) is 12.3. The van der Waals surface area contributed by atoms with Crippen molar-refractivity contribution >= 4 is 45.9 Å². The van der Waals surface area contributed by atoms with Gasteiger partial charge in [0.2, 0.25) is 11.8 Å². The zero-order chi connectivity index (χ0) is 24.9. The van der Waals surface area contributed by atoms with Gasteiger partial charge in [0, 0.05) is 43.0 Å². The number of carbonyl (C=O) groups is 2. The first-order valence-electron chi connectivity index (χ1n) is 12.3. The van der Waals surface area contributed by atoms with Gasteiger partial charge in [-0.2, -0.15) is 0 Å². The molecule has 0 atom stereocenters. The molecule has 3 aromatic rings. The highest BCUT2D eigenvalue weighted by Crippen LogP contribution is 2.22. The maximum atomic E-state index is 12.2. The molecule has 5 N–H and O–H groups in total. The van der Waals surface area contributed by atoms with Crippen molar-refractivity contribution in [3.8, 4) is 0 Å². The van der Waals surface area contributed by atoms with Crippen LogP contribution in [0.5, 0.6) is 0 Å². The molecular formula is C26H38N6O2. The summed E-state index contributed by atoms with van der Waals surface area (Å²) in [4.78, 5) is 33.8. The minimum absolute atomic E-state index is 0.0981. The van der Waals surface area contributed by atoms with E-state index in [0.29, 0.717) is 11.6 Å². The lowest BCUT2D eigenvalue weighted by molar-refractivity contribution is -0.121. The van der Waals surface area contributed by atoms with Crippen LogP contribution < -0.4 is 21.3 Å². The predicted molar refractivity (Wildman–Crippen MR) is 142 cm³/mol. The number of hydrogen-bond acceptors (Lipinski definition) is 5. The van der Waals surface area contributed by atoms with Gasteiger partial charge in [0.25, 0.3) is 0 Å². The Morgan fingerprint density at radius 2 is 1.44 bits per heavy atom. The zero-order valence-electron chi connectivity index (χ0n) is 20.8. The summed E-state index contributed by atoms with van der Waals surface area (Å²) in [5.41, 5.74) is 9.66. The molecule has 184 valence electrons. The van der Waals surface area contributed by atoms with E-state index < -0.39 is 0 Å². The number of nitrogen functional groups attached to an aromatic ring is 1. The number of amides is 2. The van der Waals surface area contributed by atoms with Gasteiger partial charge in [-0.3, -0.25) is 9.59 Å². The number of benzene rings is 2. The molecule has 8 heteroatoms. The number of nitrogens with two attached hydrogens (primary N) is 1. The van der Waals surface area contributed by atoms with Crippen molar-refractivity contribution < 1.29 is 9.59 Å². The highest BCUT2D eigenvalue weighted by molar-refractivity contribution is 5.97. The number of carbonyl (C=O) groups excluding carboxylic acids is 2. The Bertz CT molecular complexity index is 1040. The Morgan fingerprint density at radius 1 is 0.882 bits per heavy atom. The third kappa shape index (κ3) is 7.79. The van der Waals surface area contributed by atoms with Gasteiger partial charge in [0.15, 0.2) is 5.95 Å². The molecule has 2 heterocycles. The molecule has 0 unspecified atom stereocenters. The maximum absolute atomic E-state index is 12.2. The van der Waals surface area contributed by atoms with Crippen molar-refractivity contribution in [2.24, 2.45) is 0 Å². The van der Waals surface area contributed by atoms with E-state index in [1.54, 1.807) is 18.2 Å². The lowest BCUT2D eigenvalue weighted by Gasteiger charge is -2.28.